The van der Waals surface area contributed by atoms with Crippen LogP contribution in [0.2, 0.25) is 5.02 Å². The van der Waals surface area contributed by atoms with Crippen molar-refractivity contribution in [1.29, 1.82) is 0 Å². The molecule has 3 rings (SSSR count). The molecule has 0 radical (unpaired) electrons. The number of nitrogens with one attached hydrogen (secondary N) is 2. The van der Waals surface area contributed by atoms with Gasteiger partial charge in [-0.1, -0.05) is 48.0 Å². The van der Waals surface area contributed by atoms with E-state index in [-0.39, 0.29) is 22.0 Å². The van der Waals surface area contributed by atoms with E-state index in [2.05, 4.69) is 15.4 Å². The number of hydrogen-bond donors (Lipinski definition) is 2. The third-order valence-corrected chi connectivity index (χ3v) is 5.17. The maximum absolute atomic E-state index is 12.7. The Kier molecular flexibility index (Phi) is 7.39. The standard InChI is InChI=1S/C21H16ClF3N2O4S/c22-18-11-14(27-20(28)26-12-13-5-8-15(9-6-13)32(29)30)7-10-16(18)17-3-1-2-4-19(17)31-21(23,24)25/h1-11H,12H2,(H,29,30)(H2,26,27,28)/p-1. The van der Waals surface area contributed by atoms with Crippen LogP contribution in [-0.2, 0) is 17.6 Å². The smallest absolute Gasteiger partial charge is 0.573 e. The van der Waals surface area contributed by atoms with Gasteiger partial charge in [0.15, 0.2) is 0 Å². The van der Waals surface area contributed by atoms with Gasteiger partial charge in [-0.25, -0.2) is 4.79 Å². The number of urea groups is 1. The molecule has 32 heavy (non-hydrogen) atoms. The highest BCUT2D eigenvalue weighted by Crippen LogP contribution is 2.38. The number of benzene rings is 3. The molecule has 11 heteroatoms. The summed E-state index contributed by atoms with van der Waals surface area (Å²) >= 11 is 3.92. The summed E-state index contributed by atoms with van der Waals surface area (Å²) < 4.78 is 63.7. The van der Waals surface area contributed by atoms with Gasteiger partial charge in [-0.2, -0.15) is 0 Å². The first-order valence-corrected chi connectivity index (χ1v) is 10.5. The Balaban J connectivity index is 1.67. The van der Waals surface area contributed by atoms with E-state index in [9.17, 15) is 26.7 Å². The van der Waals surface area contributed by atoms with Crippen LogP contribution in [-0.4, -0.2) is 21.2 Å². The molecule has 0 aliphatic heterocycles. The number of halogens is 4. The van der Waals surface area contributed by atoms with Crippen molar-refractivity contribution in [2.24, 2.45) is 0 Å². The van der Waals surface area contributed by atoms with Gasteiger partial charge in [0, 0.05) is 28.3 Å². The van der Waals surface area contributed by atoms with Gasteiger partial charge in [0.2, 0.25) is 0 Å². The first-order chi connectivity index (χ1) is 15.1. The normalized spacial score (nSPS) is 12.2. The lowest BCUT2D eigenvalue weighted by Gasteiger charge is -2.15. The Morgan fingerprint density at radius 2 is 1.72 bits per heavy atom. The molecule has 0 aliphatic rings. The molecule has 2 N–H and O–H groups in total. The summed E-state index contributed by atoms with van der Waals surface area (Å²) in [5.74, 6) is -0.396. The van der Waals surface area contributed by atoms with Gasteiger partial charge in [0.25, 0.3) is 0 Å². The maximum Gasteiger partial charge on any atom is 0.573 e. The Labute approximate surface area is 188 Å². The molecule has 0 heterocycles. The van der Waals surface area contributed by atoms with E-state index in [0.717, 1.165) is 0 Å². The lowest BCUT2D eigenvalue weighted by Crippen LogP contribution is -2.28. The van der Waals surface area contributed by atoms with E-state index in [1.807, 2.05) is 0 Å². The fraction of sp³-hybridized carbons (Fsp3) is 0.0952. The number of hydrogen-bond acceptors (Lipinski definition) is 4. The molecule has 0 fully saturated rings. The van der Waals surface area contributed by atoms with Crippen LogP contribution in [0.1, 0.15) is 5.56 Å². The molecule has 0 aliphatic carbocycles. The summed E-state index contributed by atoms with van der Waals surface area (Å²) in [5.41, 5.74) is 1.45. The summed E-state index contributed by atoms with van der Waals surface area (Å²) in [6.45, 7) is 0.144. The van der Waals surface area contributed by atoms with E-state index in [4.69, 9.17) is 11.6 Å². The number of ether oxygens (including phenoxy) is 1. The summed E-state index contributed by atoms with van der Waals surface area (Å²) in [5, 5.41) is 5.29. The molecule has 1 atom stereocenters. The van der Waals surface area contributed by atoms with Crippen LogP contribution in [0.15, 0.2) is 71.6 Å². The molecule has 6 nitrogen and oxygen atoms in total. The topological polar surface area (TPSA) is 90.5 Å². The monoisotopic (exact) mass is 483 g/mol. The summed E-state index contributed by atoms with van der Waals surface area (Å²) in [6.07, 6.45) is -4.85. The highest BCUT2D eigenvalue weighted by molar-refractivity contribution is 7.79. The molecule has 0 saturated heterocycles. The zero-order valence-electron chi connectivity index (χ0n) is 16.1. The molecule has 1 unspecified atom stereocenters. The average Bonchev–Trinajstić information content (AvgIpc) is 2.72. The number of alkyl halides is 3. The largest absolute Gasteiger partial charge is 0.768 e. The summed E-state index contributed by atoms with van der Waals surface area (Å²) in [7, 11) is 0. The second kappa shape index (κ2) is 10.0. The first kappa shape index (κ1) is 23.6. The molecule has 2 amide bonds. The zero-order valence-corrected chi connectivity index (χ0v) is 17.7. The van der Waals surface area contributed by atoms with Gasteiger partial charge in [0.05, 0.1) is 5.02 Å². The van der Waals surface area contributed by atoms with Crippen molar-refractivity contribution >= 4 is 34.4 Å². The number of carbonyl (C=O) groups excluding carboxylic acids is 1. The minimum Gasteiger partial charge on any atom is -0.768 e. The molecule has 0 spiro atoms. The molecule has 0 aromatic heterocycles. The second-order valence-corrected chi connectivity index (χ2v) is 7.77. The Morgan fingerprint density at radius 1 is 1.03 bits per heavy atom. The fourth-order valence-electron chi connectivity index (χ4n) is 2.79. The first-order valence-electron chi connectivity index (χ1n) is 9.00. The number of anilines is 1. The van der Waals surface area contributed by atoms with Gasteiger partial charge in [-0.05, 0) is 47.0 Å². The molecular weight excluding hydrogens is 469 g/mol. The van der Waals surface area contributed by atoms with Crippen molar-refractivity contribution in [1.82, 2.24) is 5.32 Å². The highest BCUT2D eigenvalue weighted by Gasteiger charge is 2.32. The quantitative estimate of drug-likeness (QED) is 0.455. The lowest BCUT2D eigenvalue weighted by atomic mass is 10.0. The van der Waals surface area contributed by atoms with Gasteiger partial charge in [-0.15, -0.1) is 13.2 Å². The molecule has 0 saturated carbocycles. The lowest BCUT2D eigenvalue weighted by molar-refractivity contribution is -0.274. The van der Waals surface area contributed by atoms with Crippen molar-refractivity contribution in [3.8, 4) is 16.9 Å². The number of amides is 2. The summed E-state index contributed by atoms with van der Waals surface area (Å²) in [6, 6.07) is 15.4. The van der Waals surface area contributed by atoms with Crippen LogP contribution in [0, 0.1) is 0 Å². The van der Waals surface area contributed by atoms with Gasteiger partial charge >= 0.3 is 12.4 Å². The SMILES string of the molecule is O=C(NCc1ccc(S(=O)[O-])cc1)Nc1ccc(-c2ccccc2OC(F)(F)F)c(Cl)c1. The molecule has 3 aromatic carbocycles. The molecule has 168 valence electrons. The predicted octanol–water partition coefficient (Wildman–Crippen LogP) is 5.47. The molecular formula is C21H15ClF3N2O4S-. The van der Waals surface area contributed by atoms with Crippen LogP contribution in [0.25, 0.3) is 11.1 Å². The second-order valence-electron chi connectivity index (χ2n) is 6.42. The van der Waals surface area contributed by atoms with Crippen LogP contribution < -0.4 is 15.4 Å². The van der Waals surface area contributed by atoms with Crippen LogP contribution in [0.5, 0.6) is 5.75 Å². The van der Waals surface area contributed by atoms with Crippen molar-refractivity contribution < 1.29 is 31.5 Å². The molecule has 3 aromatic rings. The van der Waals surface area contributed by atoms with Gasteiger partial charge in [-0.3, -0.25) is 4.21 Å². The minimum atomic E-state index is -4.85. The number of rotatable bonds is 6. The van der Waals surface area contributed by atoms with E-state index in [1.54, 1.807) is 18.2 Å². The van der Waals surface area contributed by atoms with E-state index in [0.29, 0.717) is 16.8 Å². The van der Waals surface area contributed by atoms with Gasteiger partial charge in [0.1, 0.15) is 5.75 Å². The van der Waals surface area contributed by atoms with Crippen molar-refractivity contribution in [2.75, 3.05) is 5.32 Å². The van der Waals surface area contributed by atoms with Crippen LogP contribution in [0.3, 0.4) is 0 Å². The van der Waals surface area contributed by atoms with E-state index >= 15 is 0 Å². The van der Waals surface area contributed by atoms with Crippen LogP contribution in [0.4, 0.5) is 23.7 Å². The third kappa shape index (κ3) is 6.46. The average molecular weight is 484 g/mol. The Morgan fingerprint density at radius 3 is 2.34 bits per heavy atom. The van der Waals surface area contributed by atoms with Crippen LogP contribution >= 0.6 is 11.6 Å². The zero-order chi connectivity index (χ0) is 23.3. The number of carbonyl (C=O) groups is 1. The highest BCUT2D eigenvalue weighted by atomic mass is 35.5. The fourth-order valence-corrected chi connectivity index (χ4v) is 3.43. The van der Waals surface area contributed by atoms with E-state index < -0.39 is 29.2 Å². The Hall–Kier alpha value is -3.08. The third-order valence-electron chi connectivity index (χ3n) is 4.20. The summed E-state index contributed by atoms with van der Waals surface area (Å²) in [4.78, 5) is 12.3. The van der Waals surface area contributed by atoms with Crippen molar-refractivity contribution in [2.45, 2.75) is 17.8 Å². The Bertz CT molecular complexity index is 1140. The van der Waals surface area contributed by atoms with Gasteiger partial charge < -0.3 is 19.9 Å². The number of para-hydroxylation sites is 1. The molecule has 0 bridgehead atoms. The predicted molar refractivity (Wildman–Crippen MR) is 113 cm³/mol. The minimum absolute atomic E-state index is 0.113. The van der Waals surface area contributed by atoms with Crippen molar-refractivity contribution in [3.05, 3.63) is 77.3 Å². The maximum atomic E-state index is 12.7. The van der Waals surface area contributed by atoms with E-state index in [1.165, 1.54) is 48.5 Å². The van der Waals surface area contributed by atoms with Crippen molar-refractivity contribution in [3.63, 3.8) is 0 Å².